The molecule has 0 aliphatic carbocycles. The lowest BCUT2D eigenvalue weighted by Gasteiger charge is -2.21. The Labute approximate surface area is 129 Å². The van der Waals surface area contributed by atoms with Crippen molar-refractivity contribution in [2.24, 2.45) is 0 Å². The zero-order valence-electron chi connectivity index (χ0n) is 11.9. The highest BCUT2D eigenvalue weighted by Crippen LogP contribution is 2.30. The van der Waals surface area contributed by atoms with Crippen LogP contribution in [0.1, 0.15) is 24.1 Å². The lowest BCUT2D eigenvalue weighted by Crippen LogP contribution is -2.23. The largest absolute Gasteiger partial charge is 0.496 e. The monoisotopic (exact) mass is 333 g/mol. The molecule has 20 heavy (non-hydrogen) atoms. The molecule has 0 aliphatic rings. The third-order valence-electron chi connectivity index (χ3n) is 3.30. The number of ether oxygens (including phenoxy) is 1. The quantitative estimate of drug-likeness (QED) is 0.848. The van der Waals surface area contributed by atoms with E-state index in [9.17, 15) is 0 Å². The Kier molecular flexibility index (Phi) is 5.62. The number of hydrogen-bond donors (Lipinski definition) is 1. The summed E-state index contributed by atoms with van der Waals surface area (Å²) in [6.07, 6.45) is 0.951. The highest BCUT2D eigenvalue weighted by molar-refractivity contribution is 9.10. The van der Waals surface area contributed by atoms with Crippen molar-refractivity contribution in [2.75, 3.05) is 13.7 Å². The minimum absolute atomic E-state index is 0.255. The SMILES string of the molecule is CCNC(Cc1ccccc1)c1ccc(Br)cc1OC. The molecule has 0 amide bonds. The van der Waals surface area contributed by atoms with Gasteiger partial charge < -0.3 is 10.1 Å². The van der Waals surface area contributed by atoms with Gasteiger partial charge in [-0.05, 0) is 30.7 Å². The van der Waals surface area contributed by atoms with E-state index in [4.69, 9.17) is 4.74 Å². The van der Waals surface area contributed by atoms with Gasteiger partial charge in [-0.1, -0.05) is 59.3 Å². The van der Waals surface area contributed by atoms with E-state index in [1.165, 1.54) is 11.1 Å². The zero-order valence-corrected chi connectivity index (χ0v) is 13.5. The average molecular weight is 334 g/mol. The number of nitrogens with one attached hydrogen (secondary N) is 1. The number of methoxy groups -OCH3 is 1. The first-order chi connectivity index (χ1) is 9.74. The van der Waals surface area contributed by atoms with Gasteiger partial charge in [0.1, 0.15) is 5.75 Å². The predicted molar refractivity (Wildman–Crippen MR) is 87.3 cm³/mol. The number of rotatable bonds is 6. The summed E-state index contributed by atoms with van der Waals surface area (Å²) in [6.45, 7) is 3.06. The van der Waals surface area contributed by atoms with E-state index in [0.29, 0.717) is 0 Å². The first-order valence-electron chi connectivity index (χ1n) is 6.85. The lowest BCUT2D eigenvalue weighted by molar-refractivity contribution is 0.399. The molecule has 0 aromatic heterocycles. The van der Waals surface area contributed by atoms with Crippen molar-refractivity contribution in [3.63, 3.8) is 0 Å². The van der Waals surface area contributed by atoms with E-state index < -0.39 is 0 Å². The fourth-order valence-electron chi connectivity index (χ4n) is 2.36. The maximum absolute atomic E-state index is 5.52. The van der Waals surface area contributed by atoms with Crippen LogP contribution in [0.5, 0.6) is 5.75 Å². The molecule has 1 atom stereocenters. The van der Waals surface area contributed by atoms with Crippen LogP contribution >= 0.6 is 15.9 Å². The normalized spacial score (nSPS) is 12.2. The molecule has 1 N–H and O–H groups in total. The van der Waals surface area contributed by atoms with Gasteiger partial charge in [0.15, 0.2) is 0 Å². The van der Waals surface area contributed by atoms with E-state index >= 15 is 0 Å². The van der Waals surface area contributed by atoms with Gasteiger partial charge >= 0.3 is 0 Å². The summed E-state index contributed by atoms with van der Waals surface area (Å²) in [4.78, 5) is 0. The molecule has 0 heterocycles. The van der Waals surface area contributed by atoms with Crippen LogP contribution in [0.4, 0.5) is 0 Å². The third kappa shape index (κ3) is 3.84. The lowest BCUT2D eigenvalue weighted by atomic mass is 9.98. The van der Waals surface area contributed by atoms with Crippen LogP contribution in [0.2, 0.25) is 0 Å². The fourth-order valence-corrected chi connectivity index (χ4v) is 2.70. The molecule has 0 spiro atoms. The summed E-state index contributed by atoms with van der Waals surface area (Å²) in [5.41, 5.74) is 2.52. The van der Waals surface area contributed by atoms with Gasteiger partial charge in [-0.15, -0.1) is 0 Å². The van der Waals surface area contributed by atoms with Gasteiger partial charge in [0.05, 0.1) is 7.11 Å². The van der Waals surface area contributed by atoms with Crippen molar-refractivity contribution in [3.8, 4) is 5.75 Å². The Morgan fingerprint density at radius 2 is 1.90 bits per heavy atom. The Balaban J connectivity index is 2.28. The van der Waals surface area contributed by atoms with Crippen LogP contribution in [0, 0.1) is 0 Å². The molecule has 2 aromatic carbocycles. The van der Waals surface area contributed by atoms with Crippen molar-refractivity contribution >= 4 is 15.9 Å². The summed E-state index contributed by atoms with van der Waals surface area (Å²) in [5, 5.41) is 3.55. The molecule has 0 radical (unpaired) electrons. The molecule has 0 saturated carbocycles. The molecular weight excluding hydrogens is 314 g/mol. The van der Waals surface area contributed by atoms with Crippen LogP contribution in [-0.2, 0) is 6.42 Å². The maximum Gasteiger partial charge on any atom is 0.124 e. The second-order valence-electron chi connectivity index (χ2n) is 4.69. The van der Waals surface area contributed by atoms with Crippen molar-refractivity contribution in [3.05, 3.63) is 64.1 Å². The van der Waals surface area contributed by atoms with Gasteiger partial charge in [-0.2, -0.15) is 0 Å². The second-order valence-corrected chi connectivity index (χ2v) is 5.60. The molecule has 0 aliphatic heterocycles. The summed E-state index contributed by atoms with van der Waals surface area (Å²) in [6, 6.07) is 17.0. The smallest absolute Gasteiger partial charge is 0.124 e. The minimum Gasteiger partial charge on any atom is -0.496 e. The summed E-state index contributed by atoms with van der Waals surface area (Å²) in [5.74, 6) is 0.918. The van der Waals surface area contributed by atoms with Crippen LogP contribution in [0.15, 0.2) is 53.0 Å². The standard InChI is InChI=1S/C17H20BrNO/c1-3-19-16(11-13-7-5-4-6-8-13)15-10-9-14(18)12-17(15)20-2/h4-10,12,16,19H,3,11H2,1-2H3. The molecule has 0 saturated heterocycles. The summed E-state index contributed by atoms with van der Waals surface area (Å²) >= 11 is 3.49. The Bertz CT molecular complexity index is 542. The van der Waals surface area contributed by atoms with Crippen LogP contribution in [-0.4, -0.2) is 13.7 Å². The molecule has 2 nitrogen and oxygen atoms in total. The van der Waals surface area contributed by atoms with Crippen molar-refractivity contribution in [1.82, 2.24) is 5.32 Å². The molecule has 1 unspecified atom stereocenters. The highest BCUT2D eigenvalue weighted by atomic mass is 79.9. The van der Waals surface area contributed by atoms with Gasteiger partial charge in [0, 0.05) is 16.1 Å². The van der Waals surface area contributed by atoms with Crippen LogP contribution in [0.3, 0.4) is 0 Å². The van der Waals surface area contributed by atoms with Crippen LogP contribution in [0.25, 0.3) is 0 Å². The average Bonchev–Trinajstić information content (AvgIpc) is 2.48. The summed E-state index contributed by atoms with van der Waals surface area (Å²) in [7, 11) is 1.72. The Morgan fingerprint density at radius 1 is 1.15 bits per heavy atom. The molecule has 3 heteroatoms. The van der Waals surface area contributed by atoms with Gasteiger partial charge in [0.25, 0.3) is 0 Å². The number of hydrogen-bond acceptors (Lipinski definition) is 2. The van der Waals surface area contributed by atoms with E-state index in [1.54, 1.807) is 7.11 Å². The number of benzene rings is 2. The van der Waals surface area contributed by atoms with Gasteiger partial charge in [-0.3, -0.25) is 0 Å². The molecule has 0 fully saturated rings. The van der Waals surface area contributed by atoms with Crippen molar-refractivity contribution in [2.45, 2.75) is 19.4 Å². The minimum atomic E-state index is 0.255. The van der Waals surface area contributed by atoms with Gasteiger partial charge in [0.2, 0.25) is 0 Å². The topological polar surface area (TPSA) is 21.3 Å². The second kappa shape index (κ2) is 7.46. The van der Waals surface area contributed by atoms with E-state index in [0.717, 1.165) is 23.2 Å². The van der Waals surface area contributed by atoms with E-state index in [2.05, 4.69) is 64.6 Å². The highest BCUT2D eigenvalue weighted by Gasteiger charge is 2.16. The zero-order chi connectivity index (χ0) is 14.4. The molecule has 0 bridgehead atoms. The van der Waals surface area contributed by atoms with Gasteiger partial charge in [-0.25, -0.2) is 0 Å². The number of halogens is 1. The molecular formula is C17H20BrNO. The van der Waals surface area contributed by atoms with Crippen molar-refractivity contribution in [1.29, 1.82) is 0 Å². The molecule has 2 rings (SSSR count). The maximum atomic E-state index is 5.52. The first-order valence-corrected chi connectivity index (χ1v) is 7.64. The van der Waals surface area contributed by atoms with Crippen LogP contribution < -0.4 is 10.1 Å². The van der Waals surface area contributed by atoms with E-state index in [-0.39, 0.29) is 6.04 Å². The van der Waals surface area contributed by atoms with Crippen molar-refractivity contribution < 1.29 is 4.74 Å². The van der Waals surface area contributed by atoms with E-state index in [1.807, 2.05) is 12.1 Å². The number of likely N-dealkylation sites (N-methyl/N-ethyl adjacent to an activating group) is 1. The fraction of sp³-hybridized carbons (Fsp3) is 0.294. The Hall–Kier alpha value is -1.32. The Morgan fingerprint density at radius 3 is 2.55 bits per heavy atom. The third-order valence-corrected chi connectivity index (χ3v) is 3.80. The summed E-state index contributed by atoms with van der Waals surface area (Å²) < 4.78 is 6.56. The predicted octanol–water partition coefficient (Wildman–Crippen LogP) is 4.35. The molecule has 2 aromatic rings. The molecule has 106 valence electrons. The first kappa shape index (κ1) is 15.1.